The van der Waals surface area contributed by atoms with Crippen LogP contribution in [-0.2, 0) is 11.3 Å². The molecule has 2 heterocycles. The van der Waals surface area contributed by atoms with Gasteiger partial charge in [0.15, 0.2) is 0 Å². The first-order valence-electron chi connectivity index (χ1n) is 5.75. The van der Waals surface area contributed by atoms with Crippen LogP contribution in [0.25, 0.3) is 0 Å². The number of nitrogens with two attached hydrogens (primary N) is 1. The topological polar surface area (TPSA) is 68.7 Å². The molecule has 0 radical (unpaired) electrons. The Labute approximate surface area is 113 Å². The van der Waals surface area contributed by atoms with Gasteiger partial charge in [-0.15, -0.1) is 12.4 Å². The third-order valence-corrected chi connectivity index (χ3v) is 3.06. The highest BCUT2D eigenvalue weighted by atomic mass is 35.5. The maximum Gasteiger partial charge on any atom is 0.341 e. The average Bonchev–Trinajstić information content (AvgIpc) is 2.85. The van der Waals surface area contributed by atoms with Gasteiger partial charge in [0, 0.05) is 19.1 Å². The van der Waals surface area contributed by atoms with E-state index in [1.165, 1.54) is 7.11 Å². The van der Waals surface area contributed by atoms with Gasteiger partial charge in [0.2, 0.25) is 0 Å². The zero-order valence-corrected chi connectivity index (χ0v) is 11.5. The van der Waals surface area contributed by atoms with Crippen LogP contribution in [0, 0.1) is 6.92 Å². The summed E-state index contributed by atoms with van der Waals surface area (Å²) in [6.45, 7) is 4.33. The molecule has 1 unspecified atom stereocenters. The van der Waals surface area contributed by atoms with Crippen molar-refractivity contribution in [1.82, 2.24) is 4.90 Å². The van der Waals surface area contributed by atoms with E-state index in [9.17, 15) is 4.79 Å². The fraction of sp³-hybridized carbons (Fsp3) is 0.583. The second kappa shape index (κ2) is 6.22. The first-order valence-corrected chi connectivity index (χ1v) is 5.75. The smallest absolute Gasteiger partial charge is 0.341 e. The summed E-state index contributed by atoms with van der Waals surface area (Å²) in [5, 5.41) is 0. The van der Waals surface area contributed by atoms with Crippen LogP contribution in [0.2, 0.25) is 0 Å². The Bertz CT molecular complexity index is 419. The van der Waals surface area contributed by atoms with Crippen LogP contribution < -0.4 is 5.73 Å². The molecule has 0 aromatic carbocycles. The van der Waals surface area contributed by atoms with Crippen LogP contribution in [0.4, 0.5) is 0 Å². The number of ether oxygens (including phenoxy) is 1. The van der Waals surface area contributed by atoms with Gasteiger partial charge in [0.1, 0.15) is 17.1 Å². The molecule has 1 aromatic rings. The van der Waals surface area contributed by atoms with Gasteiger partial charge in [-0.2, -0.15) is 0 Å². The number of methoxy groups -OCH3 is 1. The van der Waals surface area contributed by atoms with E-state index in [1.807, 2.05) is 0 Å². The summed E-state index contributed by atoms with van der Waals surface area (Å²) in [4.78, 5) is 13.6. The van der Waals surface area contributed by atoms with E-state index < -0.39 is 0 Å². The predicted molar refractivity (Wildman–Crippen MR) is 69.9 cm³/mol. The summed E-state index contributed by atoms with van der Waals surface area (Å²) in [6, 6.07) is 2.01. The van der Waals surface area contributed by atoms with Crippen molar-refractivity contribution in [2.45, 2.75) is 25.9 Å². The number of carbonyl (C=O) groups is 1. The van der Waals surface area contributed by atoms with Crippen molar-refractivity contribution in [3.8, 4) is 0 Å². The standard InChI is InChI=1S/C12H18N2O3.ClH/c1-8-11(12(15)16-2)5-10(17-8)7-14-4-3-9(13)6-14;/h5,9H,3-4,6-7,13H2,1-2H3;1H. The lowest BCUT2D eigenvalue weighted by Gasteiger charge is -2.12. The Morgan fingerprint density at radius 1 is 1.67 bits per heavy atom. The van der Waals surface area contributed by atoms with E-state index in [2.05, 4.69) is 9.64 Å². The Morgan fingerprint density at radius 3 is 2.94 bits per heavy atom. The van der Waals surface area contributed by atoms with Crippen molar-refractivity contribution in [2.75, 3.05) is 20.2 Å². The molecule has 2 N–H and O–H groups in total. The highest BCUT2D eigenvalue weighted by Crippen LogP contribution is 2.19. The van der Waals surface area contributed by atoms with E-state index >= 15 is 0 Å². The molecule has 6 heteroatoms. The predicted octanol–water partition coefficient (Wildman–Crippen LogP) is 1.33. The highest BCUT2D eigenvalue weighted by Gasteiger charge is 2.22. The fourth-order valence-corrected chi connectivity index (χ4v) is 2.16. The molecule has 1 aliphatic heterocycles. The van der Waals surface area contributed by atoms with Crippen LogP contribution in [0.15, 0.2) is 10.5 Å². The van der Waals surface area contributed by atoms with Gasteiger partial charge in [-0.3, -0.25) is 4.90 Å². The summed E-state index contributed by atoms with van der Waals surface area (Å²) >= 11 is 0. The summed E-state index contributed by atoms with van der Waals surface area (Å²) in [5.74, 6) is 1.04. The van der Waals surface area contributed by atoms with Gasteiger partial charge in [-0.25, -0.2) is 4.79 Å². The van der Waals surface area contributed by atoms with Crippen molar-refractivity contribution in [1.29, 1.82) is 0 Å². The second-order valence-electron chi connectivity index (χ2n) is 4.46. The molecule has 0 spiro atoms. The highest BCUT2D eigenvalue weighted by molar-refractivity contribution is 5.90. The number of rotatable bonds is 3. The van der Waals surface area contributed by atoms with Gasteiger partial charge < -0.3 is 14.9 Å². The van der Waals surface area contributed by atoms with E-state index in [4.69, 9.17) is 10.2 Å². The van der Waals surface area contributed by atoms with Crippen LogP contribution in [0.5, 0.6) is 0 Å². The molecule has 102 valence electrons. The molecule has 0 bridgehead atoms. The number of esters is 1. The van der Waals surface area contributed by atoms with Crippen molar-refractivity contribution in [3.05, 3.63) is 23.2 Å². The molecule has 0 amide bonds. The lowest BCUT2D eigenvalue weighted by atomic mass is 10.2. The van der Waals surface area contributed by atoms with Gasteiger partial charge in [0.05, 0.1) is 13.7 Å². The van der Waals surface area contributed by atoms with E-state index in [1.54, 1.807) is 13.0 Å². The minimum Gasteiger partial charge on any atom is -0.465 e. The van der Waals surface area contributed by atoms with E-state index in [-0.39, 0.29) is 24.4 Å². The fourth-order valence-electron chi connectivity index (χ4n) is 2.16. The maximum atomic E-state index is 11.4. The van der Waals surface area contributed by atoms with Crippen LogP contribution in [-0.4, -0.2) is 37.1 Å². The molecule has 1 aromatic heterocycles. The quantitative estimate of drug-likeness (QED) is 0.842. The lowest BCUT2D eigenvalue weighted by Crippen LogP contribution is -2.26. The Morgan fingerprint density at radius 2 is 2.39 bits per heavy atom. The first-order chi connectivity index (χ1) is 8.10. The largest absolute Gasteiger partial charge is 0.465 e. The molecule has 0 aliphatic carbocycles. The average molecular weight is 275 g/mol. The SMILES string of the molecule is COC(=O)c1cc(CN2CCC(N)C2)oc1C.Cl. The van der Waals surface area contributed by atoms with Crippen molar-refractivity contribution < 1.29 is 13.9 Å². The number of furan rings is 1. The molecule has 18 heavy (non-hydrogen) atoms. The number of hydrogen-bond acceptors (Lipinski definition) is 5. The second-order valence-corrected chi connectivity index (χ2v) is 4.46. The molecular weight excluding hydrogens is 256 g/mol. The summed E-state index contributed by atoms with van der Waals surface area (Å²) in [7, 11) is 1.37. The number of nitrogens with zero attached hydrogens (tertiary/aromatic N) is 1. The van der Waals surface area contributed by atoms with Crippen molar-refractivity contribution in [2.24, 2.45) is 5.73 Å². The molecule has 5 nitrogen and oxygen atoms in total. The normalized spacial score (nSPS) is 19.6. The monoisotopic (exact) mass is 274 g/mol. The molecule has 1 aliphatic rings. The lowest BCUT2D eigenvalue weighted by molar-refractivity contribution is 0.0599. The number of aryl methyl sites for hydroxylation is 1. The third kappa shape index (κ3) is 3.25. The van der Waals surface area contributed by atoms with Gasteiger partial charge in [-0.1, -0.05) is 0 Å². The van der Waals surface area contributed by atoms with E-state index in [0.29, 0.717) is 17.9 Å². The number of halogens is 1. The number of carbonyl (C=O) groups excluding carboxylic acids is 1. The molecule has 0 saturated carbocycles. The summed E-state index contributed by atoms with van der Waals surface area (Å²) in [5.41, 5.74) is 6.34. The first kappa shape index (κ1) is 15.0. The van der Waals surface area contributed by atoms with Gasteiger partial charge >= 0.3 is 5.97 Å². The number of likely N-dealkylation sites (tertiary alicyclic amines) is 1. The van der Waals surface area contributed by atoms with Crippen molar-refractivity contribution in [3.63, 3.8) is 0 Å². The van der Waals surface area contributed by atoms with Crippen LogP contribution in [0.3, 0.4) is 0 Å². The van der Waals surface area contributed by atoms with Gasteiger partial charge in [0.25, 0.3) is 0 Å². The Hall–Kier alpha value is -1.04. The molecule has 2 rings (SSSR count). The maximum absolute atomic E-state index is 11.4. The molecule has 1 saturated heterocycles. The summed E-state index contributed by atoms with van der Waals surface area (Å²) < 4.78 is 10.2. The van der Waals surface area contributed by atoms with Crippen LogP contribution >= 0.6 is 12.4 Å². The van der Waals surface area contributed by atoms with Crippen LogP contribution in [0.1, 0.15) is 28.3 Å². The zero-order chi connectivity index (χ0) is 12.4. The Kier molecular flexibility index (Phi) is 5.19. The van der Waals surface area contributed by atoms with Crippen molar-refractivity contribution >= 4 is 18.4 Å². The summed E-state index contributed by atoms with van der Waals surface area (Å²) in [6.07, 6.45) is 1.02. The number of hydrogen-bond donors (Lipinski definition) is 1. The van der Waals surface area contributed by atoms with E-state index in [0.717, 1.165) is 25.3 Å². The zero-order valence-electron chi connectivity index (χ0n) is 10.6. The minimum atomic E-state index is -0.351. The molecule has 1 atom stereocenters. The van der Waals surface area contributed by atoms with Gasteiger partial charge in [-0.05, 0) is 19.4 Å². The third-order valence-electron chi connectivity index (χ3n) is 3.06. The molecule has 1 fully saturated rings. The Balaban J connectivity index is 0.00000162. The minimum absolute atomic E-state index is 0. The molecular formula is C12H19ClN2O3.